The molecule has 0 fully saturated rings. The minimum atomic E-state index is -0.0354. The highest BCUT2D eigenvalue weighted by atomic mass is 16.2. The number of aryl methyl sites for hydroxylation is 1. The number of hydrazone groups is 1. The molecule has 2 amide bonds. The van der Waals surface area contributed by atoms with Crippen LogP contribution >= 0.6 is 0 Å². The lowest BCUT2D eigenvalue weighted by Gasteiger charge is -2.24. The molecule has 2 rings (SSSR count). The van der Waals surface area contributed by atoms with Crippen LogP contribution < -0.4 is 5.32 Å². The van der Waals surface area contributed by atoms with Crippen LogP contribution in [0.25, 0.3) is 0 Å². The van der Waals surface area contributed by atoms with Crippen molar-refractivity contribution in [2.75, 3.05) is 6.54 Å². The van der Waals surface area contributed by atoms with E-state index in [9.17, 15) is 9.59 Å². The van der Waals surface area contributed by atoms with E-state index in [-0.39, 0.29) is 24.3 Å². The third kappa shape index (κ3) is 4.91. The summed E-state index contributed by atoms with van der Waals surface area (Å²) >= 11 is 0. The summed E-state index contributed by atoms with van der Waals surface area (Å²) in [5, 5.41) is 8.84. The van der Waals surface area contributed by atoms with Crippen molar-refractivity contribution in [1.82, 2.24) is 10.3 Å². The molecular weight excluding hydrogens is 302 g/mol. The van der Waals surface area contributed by atoms with Gasteiger partial charge in [-0.25, -0.2) is 5.01 Å². The van der Waals surface area contributed by atoms with Crippen molar-refractivity contribution >= 4 is 17.5 Å². The number of rotatable bonds is 7. The second-order valence-electron chi connectivity index (χ2n) is 6.24. The molecule has 0 radical (unpaired) electrons. The molecule has 1 aliphatic heterocycles. The van der Waals surface area contributed by atoms with Crippen LogP contribution in [0.3, 0.4) is 0 Å². The van der Waals surface area contributed by atoms with Gasteiger partial charge >= 0.3 is 0 Å². The molecule has 5 heteroatoms. The topological polar surface area (TPSA) is 61.8 Å². The number of amides is 2. The Morgan fingerprint density at radius 3 is 2.58 bits per heavy atom. The quantitative estimate of drug-likeness (QED) is 0.836. The van der Waals surface area contributed by atoms with E-state index in [0.29, 0.717) is 19.4 Å². The average Bonchev–Trinajstić information content (AvgIpc) is 2.61. The number of hydrogen-bond acceptors (Lipinski definition) is 3. The summed E-state index contributed by atoms with van der Waals surface area (Å²) < 4.78 is 0. The molecule has 0 saturated carbocycles. The van der Waals surface area contributed by atoms with Gasteiger partial charge in [-0.2, -0.15) is 5.10 Å². The summed E-state index contributed by atoms with van der Waals surface area (Å²) in [7, 11) is 0. The van der Waals surface area contributed by atoms with Crippen LogP contribution in [0.4, 0.5) is 0 Å². The zero-order chi connectivity index (χ0) is 17.5. The molecule has 1 atom stereocenters. The normalized spacial score (nSPS) is 15.9. The van der Waals surface area contributed by atoms with E-state index in [1.165, 1.54) is 10.6 Å². The van der Waals surface area contributed by atoms with Crippen molar-refractivity contribution in [3.05, 3.63) is 35.4 Å². The fraction of sp³-hybridized carbons (Fsp3) is 0.526. The molecule has 0 spiro atoms. The Morgan fingerprint density at radius 1 is 1.25 bits per heavy atom. The minimum Gasteiger partial charge on any atom is -0.354 e. The second-order valence-corrected chi connectivity index (χ2v) is 6.24. The third-order valence-electron chi connectivity index (χ3n) is 4.37. The van der Waals surface area contributed by atoms with Gasteiger partial charge < -0.3 is 5.32 Å². The first-order valence-electron chi connectivity index (χ1n) is 8.80. The molecule has 0 saturated heterocycles. The predicted molar refractivity (Wildman–Crippen MR) is 95.8 cm³/mol. The molecule has 130 valence electrons. The Hall–Kier alpha value is -2.17. The molecule has 1 aromatic rings. The molecule has 1 aromatic carbocycles. The van der Waals surface area contributed by atoms with Crippen molar-refractivity contribution in [2.45, 2.75) is 58.9 Å². The smallest absolute Gasteiger partial charge is 0.243 e. The van der Waals surface area contributed by atoms with Gasteiger partial charge in [0.1, 0.15) is 0 Å². The van der Waals surface area contributed by atoms with Gasteiger partial charge in [0, 0.05) is 25.3 Å². The summed E-state index contributed by atoms with van der Waals surface area (Å²) in [6.07, 6.45) is 3.27. The molecular formula is C19H27N3O2. The van der Waals surface area contributed by atoms with Gasteiger partial charge in [-0.15, -0.1) is 0 Å². The van der Waals surface area contributed by atoms with Gasteiger partial charge in [-0.1, -0.05) is 38.1 Å². The largest absolute Gasteiger partial charge is 0.354 e. The van der Waals surface area contributed by atoms with Crippen LogP contribution in [0, 0.1) is 0 Å². The average molecular weight is 329 g/mol. The van der Waals surface area contributed by atoms with E-state index in [1.807, 2.05) is 13.8 Å². The van der Waals surface area contributed by atoms with Crippen molar-refractivity contribution in [3.63, 3.8) is 0 Å². The first-order chi connectivity index (χ1) is 11.5. The maximum atomic E-state index is 12.0. The third-order valence-corrected chi connectivity index (χ3v) is 4.37. The highest BCUT2D eigenvalue weighted by molar-refractivity contribution is 6.04. The van der Waals surface area contributed by atoms with Crippen molar-refractivity contribution < 1.29 is 9.59 Å². The molecule has 0 aliphatic carbocycles. The van der Waals surface area contributed by atoms with Crippen molar-refractivity contribution in [2.24, 2.45) is 5.10 Å². The molecule has 1 aliphatic rings. The molecule has 24 heavy (non-hydrogen) atoms. The van der Waals surface area contributed by atoms with Gasteiger partial charge in [0.15, 0.2) is 0 Å². The van der Waals surface area contributed by atoms with Crippen molar-refractivity contribution in [1.29, 1.82) is 0 Å². The van der Waals surface area contributed by atoms with Crippen LogP contribution in [-0.4, -0.2) is 35.1 Å². The number of carbonyl (C=O) groups excluding carboxylic acids is 2. The Balaban J connectivity index is 2.00. The van der Waals surface area contributed by atoms with E-state index in [4.69, 9.17) is 0 Å². The first-order valence-corrected chi connectivity index (χ1v) is 8.80. The maximum absolute atomic E-state index is 12.0. The minimum absolute atomic E-state index is 0.0136. The summed E-state index contributed by atoms with van der Waals surface area (Å²) in [4.78, 5) is 23.9. The maximum Gasteiger partial charge on any atom is 0.243 e. The van der Waals surface area contributed by atoms with Crippen molar-refractivity contribution in [3.8, 4) is 0 Å². The van der Waals surface area contributed by atoms with Crippen LogP contribution in [-0.2, 0) is 16.0 Å². The number of benzene rings is 1. The Labute approximate surface area is 144 Å². The highest BCUT2D eigenvalue weighted by Gasteiger charge is 2.22. The summed E-state index contributed by atoms with van der Waals surface area (Å²) in [5.41, 5.74) is 3.25. The molecule has 5 nitrogen and oxygen atoms in total. The Bertz CT molecular complexity index is 608. The zero-order valence-corrected chi connectivity index (χ0v) is 14.8. The van der Waals surface area contributed by atoms with Gasteiger partial charge in [-0.3, -0.25) is 9.59 Å². The number of nitrogens with zero attached hydrogens (tertiary/aromatic N) is 2. The molecule has 0 aromatic heterocycles. The zero-order valence-electron chi connectivity index (χ0n) is 14.8. The van der Waals surface area contributed by atoms with Crippen LogP contribution in [0.2, 0.25) is 0 Å². The SMILES string of the molecule is CCc1ccc(C2=NN(CCC(=O)NC(C)CC)C(=O)CC2)cc1. The van der Waals surface area contributed by atoms with E-state index < -0.39 is 0 Å². The lowest BCUT2D eigenvalue weighted by molar-refractivity contribution is -0.132. The summed E-state index contributed by atoms with van der Waals surface area (Å²) in [6.45, 7) is 6.45. The van der Waals surface area contributed by atoms with Crippen LogP contribution in [0.15, 0.2) is 29.4 Å². The lowest BCUT2D eigenvalue weighted by Crippen LogP contribution is -2.37. The number of carbonyl (C=O) groups is 2. The number of hydrogen-bond donors (Lipinski definition) is 1. The van der Waals surface area contributed by atoms with E-state index in [2.05, 4.69) is 41.6 Å². The highest BCUT2D eigenvalue weighted by Crippen LogP contribution is 2.16. The number of nitrogens with one attached hydrogen (secondary N) is 1. The van der Waals surface area contributed by atoms with Gasteiger partial charge in [0.05, 0.1) is 12.3 Å². The van der Waals surface area contributed by atoms with Gasteiger partial charge in [-0.05, 0) is 30.9 Å². The van der Waals surface area contributed by atoms with Crippen LogP contribution in [0.1, 0.15) is 57.6 Å². The standard InChI is InChI=1S/C19H27N3O2/c1-4-14(3)20-18(23)12-13-22-19(24)11-10-17(21-22)16-8-6-15(5-2)7-9-16/h6-9,14H,4-5,10-13H2,1-3H3,(H,20,23). The molecule has 1 heterocycles. The lowest BCUT2D eigenvalue weighted by atomic mass is 10.0. The Morgan fingerprint density at radius 2 is 1.96 bits per heavy atom. The molecule has 1 N–H and O–H groups in total. The first kappa shape index (κ1) is 18.2. The fourth-order valence-electron chi connectivity index (χ4n) is 2.57. The van der Waals surface area contributed by atoms with Gasteiger partial charge in [0.2, 0.25) is 11.8 Å². The fourth-order valence-corrected chi connectivity index (χ4v) is 2.57. The monoisotopic (exact) mass is 329 g/mol. The van der Waals surface area contributed by atoms with E-state index in [1.54, 1.807) is 0 Å². The second kappa shape index (κ2) is 8.62. The summed E-state index contributed by atoms with van der Waals surface area (Å²) in [5.74, 6) is -0.0490. The van der Waals surface area contributed by atoms with Crippen LogP contribution in [0.5, 0.6) is 0 Å². The predicted octanol–water partition coefficient (Wildman–Crippen LogP) is 2.88. The molecule has 1 unspecified atom stereocenters. The van der Waals surface area contributed by atoms with Gasteiger partial charge in [0.25, 0.3) is 0 Å². The Kier molecular flexibility index (Phi) is 6.53. The van der Waals surface area contributed by atoms with E-state index in [0.717, 1.165) is 24.1 Å². The molecule has 0 bridgehead atoms. The summed E-state index contributed by atoms with van der Waals surface area (Å²) in [6, 6.07) is 8.46. The van der Waals surface area contributed by atoms with E-state index >= 15 is 0 Å².